The smallest absolute Gasteiger partial charge is 0.135 e. The molecule has 0 N–H and O–H groups in total. The molecule has 1 aliphatic heterocycles. The number of anilines is 2. The molecule has 0 saturated carbocycles. The van der Waals surface area contributed by atoms with Crippen LogP contribution in [0.15, 0.2) is 128 Å². The molecule has 8 rings (SSSR count). The zero-order valence-electron chi connectivity index (χ0n) is 33.7. The number of hydrogen-bond acceptors (Lipinski definition) is 4. The number of nitrogens with zero attached hydrogens (tertiary/aromatic N) is 4. The third-order valence-corrected chi connectivity index (χ3v) is 10.4. The fourth-order valence-corrected chi connectivity index (χ4v) is 7.08. The minimum atomic E-state index is -0.0272. The Morgan fingerprint density at radius 3 is 1.95 bits per heavy atom. The van der Waals surface area contributed by atoms with Crippen molar-refractivity contribution in [3.63, 3.8) is 0 Å². The van der Waals surface area contributed by atoms with Gasteiger partial charge in [0.05, 0.1) is 0 Å². The molecule has 0 unspecified atom stereocenters. The van der Waals surface area contributed by atoms with Crippen molar-refractivity contribution < 1.29 is 25.8 Å². The minimum absolute atomic E-state index is 0. The molecule has 2 aromatic heterocycles. The Bertz CT molecular complexity index is 2530. The van der Waals surface area contributed by atoms with Gasteiger partial charge >= 0.3 is 0 Å². The van der Waals surface area contributed by atoms with Gasteiger partial charge in [-0.25, -0.2) is 4.98 Å². The second-order valence-corrected chi connectivity index (χ2v) is 17.7. The Kier molecular flexibility index (Phi) is 10.3. The van der Waals surface area contributed by atoms with Gasteiger partial charge in [-0.05, 0) is 92.2 Å². The number of aromatic nitrogens is 2. The summed E-state index contributed by atoms with van der Waals surface area (Å²) >= 11 is 0. The van der Waals surface area contributed by atoms with Gasteiger partial charge < -0.3 is 19.1 Å². The van der Waals surface area contributed by atoms with E-state index < -0.39 is 0 Å². The average Bonchev–Trinajstić information content (AvgIpc) is 3.77. The first-order valence-corrected chi connectivity index (χ1v) is 19.1. The normalized spacial score (nSPS) is 13.4. The number of rotatable bonds is 6. The molecule has 5 nitrogen and oxygen atoms in total. The first-order chi connectivity index (χ1) is 26.1. The largest absolute Gasteiger partial charge is 0.509 e. The summed E-state index contributed by atoms with van der Waals surface area (Å²) < 4.78 is 8.75. The van der Waals surface area contributed by atoms with Crippen LogP contribution >= 0.6 is 0 Å². The molecule has 0 radical (unpaired) electrons. The molecule has 0 amide bonds. The van der Waals surface area contributed by atoms with Crippen molar-refractivity contribution in [2.75, 3.05) is 9.80 Å². The summed E-state index contributed by atoms with van der Waals surface area (Å²) in [6, 6.07) is 45.7. The summed E-state index contributed by atoms with van der Waals surface area (Å²) in [6.45, 7) is 22.4. The zero-order valence-corrected chi connectivity index (χ0v) is 36.0. The molecule has 0 saturated heterocycles. The molecular formula is C50H49N4OPt-3. The van der Waals surface area contributed by atoms with E-state index in [1.165, 1.54) is 22.3 Å². The van der Waals surface area contributed by atoms with Gasteiger partial charge in [0.2, 0.25) is 0 Å². The first-order valence-electron chi connectivity index (χ1n) is 19.1. The molecule has 1 aliphatic rings. The van der Waals surface area contributed by atoms with Crippen molar-refractivity contribution in [3.8, 4) is 28.4 Å². The van der Waals surface area contributed by atoms with Crippen LogP contribution < -0.4 is 14.5 Å². The Balaban J connectivity index is 0.00000480. The van der Waals surface area contributed by atoms with Gasteiger partial charge in [-0.3, -0.25) is 0 Å². The average molecular weight is 917 g/mol. The number of benzene rings is 5. The van der Waals surface area contributed by atoms with Crippen LogP contribution in [0.3, 0.4) is 0 Å². The molecule has 288 valence electrons. The Labute approximate surface area is 346 Å². The van der Waals surface area contributed by atoms with E-state index in [9.17, 15) is 0 Å². The summed E-state index contributed by atoms with van der Waals surface area (Å²) in [5.74, 6) is 2.07. The van der Waals surface area contributed by atoms with E-state index in [2.05, 4.69) is 193 Å². The maximum absolute atomic E-state index is 6.54. The van der Waals surface area contributed by atoms with E-state index in [4.69, 9.17) is 9.72 Å². The maximum Gasteiger partial charge on any atom is 0.135 e. The molecular weight excluding hydrogens is 868 g/mol. The Hall–Kier alpha value is -5.12. The van der Waals surface area contributed by atoms with Gasteiger partial charge in [0, 0.05) is 50.0 Å². The summed E-state index contributed by atoms with van der Waals surface area (Å²) in [7, 11) is 0. The Morgan fingerprint density at radius 2 is 1.25 bits per heavy atom. The van der Waals surface area contributed by atoms with Gasteiger partial charge in [0.1, 0.15) is 5.82 Å². The second kappa shape index (κ2) is 14.8. The van der Waals surface area contributed by atoms with Crippen molar-refractivity contribution in [1.82, 2.24) is 9.55 Å². The van der Waals surface area contributed by atoms with E-state index in [1.54, 1.807) is 0 Å². The summed E-state index contributed by atoms with van der Waals surface area (Å²) in [5.41, 5.74) is 10.2. The van der Waals surface area contributed by atoms with Crippen molar-refractivity contribution in [3.05, 3.63) is 163 Å². The van der Waals surface area contributed by atoms with E-state index in [1.807, 2.05) is 30.5 Å². The van der Waals surface area contributed by atoms with Crippen molar-refractivity contribution in [1.29, 1.82) is 0 Å². The monoisotopic (exact) mass is 916 g/mol. The molecule has 0 aliphatic carbocycles. The topological polar surface area (TPSA) is 33.5 Å². The quantitative estimate of drug-likeness (QED) is 0.156. The second-order valence-electron chi connectivity index (χ2n) is 17.7. The molecule has 0 fully saturated rings. The zero-order chi connectivity index (χ0) is 38.7. The standard InChI is InChI=1S/C50H49N4O.Pt/c1-48(2,3)36-22-23-51-47(30-36)54-45-21-18-35(34-14-11-10-12-15-34)26-44(45)43-20-19-42(32-46(43)54)55-41-17-13-16-39(31-41)52-24-25-53(33-52)40-28-37(49(4,5)6)27-38(29-40)50(7,8)9;/h10-30,33H,1-9H3;/q-3;. The van der Waals surface area contributed by atoms with E-state index in [0.29, 0.717) is 11.5 Å². The van der Waals surface area contributed by atoms with Crippen LogP contribution in [-0.2, 0) is 37.3 Å². The van der Waals surface area contributed by atoms with Crippen molar-refractivity contribution >= 4 is 33.2 Å². The summed E-state index contributed by atoms with van der Waals surface area (Å²) in [4.78, 5) is 9.14. The van der Waals surface area contributed by atoms with Crippen LogP contribution in [0, 0.1) is 18.8 Å². The fraction of sp³-hybridized carbons (Fsp3) is 0.240. The van der Waals surface area contributed by atoms with Gasteiger partial charge in [-0.15, -0.1) is 48.1 Å². The number of ether oxygens (including phenoxy) is 1. The van der Waals surface area contributed by atoms with Gasteiger partial charge in [0.25, 0.3) is 0 Å². The van der Waals surface area contributed by atoms with E-state index in [-0.39, 0.29) is 37.3 Å². The molecule has 6 heteroatoms. The summed E-state index contributed by atoms with van der Waals surface area (Å²) in [5, 5.41) is 2.22. The molecule has 56 heavy (non-hydrogen) atoms. The molecule has 3 heterocycles. The molecule has 0 spiro atoms. The van der Waals surface area contributed by atoms with Crippen molar-refractivity contribution in [2.24, 2.45) is 0 Å². The van der Waals surface area contributed by atoms with Crippen LogP contribution in [0.2, 0.25) is 0 Å². The van der Waals surface area contributed by atoms with E-state index >= 15 is 0 Å². The predicted molar refractivity (Wildman–Crippen MR) is 229 cm³/mol. The molecule has 5 aromatic carbocycles. The molecule has 0 bridgehead atoms. The number of pyridine rings is 1. The molecule has 0 atom stereocenters. The molecule has 7 aromatic rings. The maximum atomic E-state index is 6.54. The predicted octanol–water partition coefficient (Wildman–Crippen LogP) is 13.0. The van der Waals surface area contributed by atoms with Crippen LogP contribution in [0.4, 0.5) is 11.4 Å². The third kappa shape index (κ3) is 7.80. The third-order valence-electron chi connectivity index (χ3n) is 10.4. The van der Waals surface area contributed by atoms with Gasteiger partial charge in [-0.2, -0.15) is 12.1 Å². The van der Waals surface area contributed by atoms with Crippen LogP contribution in [0.25, 0.3) is 38.8 Å². The first kappa shape index (κ1) is 39.1. The number of fused-ring (bicyclic) bond motifs is 3. The van der Waals surface area contributed by atoms with Gasteiger partial charge in [0.15, 0.2) is 0 Å². The Morgan fingerprint density at radius 1 is 0.571 bits per heavy atom. The van der Waals surface area contributed by atoms with Crippen LogP contribution in [0.1, 0.15) is 79.0 Å². The van der Waals surface area contributed by atoms with Crippen LogP contribution in [-0.4, -0.2) is 9.55 Å². The summed E-state index contributed by atoms with van der Waals surface area (Å²) in [6.07, 6.45) is 6.07. The van der Waals surface area contributed by atoms with Crippen LogP contribution in [0.5, 0.6) is 11.5 Å². The SMILES string of the molecule is CC(C)(C)c1cc(N2C=CN(c3[c-]c(Oc4[c-]c5c(cc4)c4cc(-c6ccccc6)ccc4n5-c4cc(C(C)(C)C)ccn4)ccc3)[CH-]2)cc(C(C)(C)C)c1.[Pt]. The number of hydrogen-bond donors (Lipinski definition) is 0. The van der Waals surface area contributed by atoms with Crippen molar-refractivity contribution in [2.45, 2.75) is 78.6 Å². The van der Waals surface area contributed by atoms with E-state index in [0.717, 1.165) is 44.6 Å². The fourth-order valence-electron chi connectivity index (χ4n) is 7.08. The minimum Gasteiger partial charge on any atom is -0.509 e. The van der Waals surface area contributed by atoms with Gasteiger partial charge in [-0.1, -0.05) is 116 Å².